The highest BCUT2D eigenvalue weighted by Gasteiger charge is 2.28. The van der Waals surface area contributed by atoms with Gasteiger partial charge in [-0.25, -0.2) is 14.2 Å². The second-order valence-corrected chi connectivity index (χ2v) is 7.22. The van der Waals surface area contributed by atoms with Crippen LogP contribution in [0, 0.1) is 17.1 Å². The van der Waals surface area contributed by atoms with E-state index in [9.17, 15) is 14.4 Å². The van der Waals surface area contributed by atoms with E-state index < -0.39 is 0 Å². The molecule has 0 amide bonds. The lowest BCUT2D eigenvalue weighted by Gasteiger charge is -2.35. The molecule has 3 aliphatic rings. The van der Waals surface area contributed by atoms with Crippen LogP contribution in [0.5, 0.6) is 0 Å². The van der Waals surface area contributed by atoms with E-state index in [2.05, 4.69) is 16.0 Å². The molecule has 0 aliphatic carbocycles. The van der Waals surface area contributed by atoms with Gasteiger partial charge in [-0.15, -0.1) is 0 Å². The number of nitrogens with two attached hydrogens (primary N) is 1. The number of hydrogen-bond donors (Lipinski definition) is 1. The number of aromatic nitrogens is 3. The van der Waals surface area contributed by atoms with Crippen molar-refractivity contribution in [2.45, 2.75) is 25.4 Å². The molecular weight excluding hydrogens is 359 g/mol. The van der Waals surface area contributed by atoms with Gasteiger partial charge in [-0.05, 0) is 36.6 Å². The second-order valence-electron chi connectivity index (χ2n) is 7.22. The molecule has 4 rings (SSSR count). The molecule has 0 bridgehead atoms. The standard InChI is InChI=1S/C20H21FN6O/c1-25-18-17(9-16(10-22)24-18)19(26-7-3-6-15(23)12-26)27(20(25)28)11-13-4-2-5-14(21)8-13/h2,4-5,8-9,15H,3,6-7,11-12,23H2,1H3/t15-/m1/s1. The minimum atomic E-state index is -0.348. The Hall–Kier alpha value is -3.18. The Morgan fingerprint density at radius 1 is 1.39 bits per heavy atom. The smallest absolute Gasteiger partial charge is 0.331 e. The Morgan fingerprint density at radius 3 is 2.93 bits per heavy atom. The second kappa shape index (κ2) is 7.09. The van der Waals surface area contributed by atoms with Gasteiger partial charge in [-0.1, -0.05) is 12.1 Å². The molecular formula is C20H21FN6O. The lowest BCUT2D eigenvalue weighted by Crippen LogP contribution is -2.46. The highest BCUT2D eigenvalue weighted by Crippen LogP contribution is 2.33. The highest BCUT2D eigenvalue weighted by molar-refractivity contribution is 5.75. The molecule has 144 valence electrons. The van der Waals surface area contributed by atoms with Crippen molar-refractivity contribution in [2.24, 2.45) is 12.8 Å². The molecule has 3 aliphatic heterocycles. The maximum Gasteiger partial charge on any atom is 0.331 e. The summed E-state index contributed by atoms with van der Waals surface area (Å²) in [6.07, 6.45) is 1.84. The van der Waals surface area contributed by atoms with E-state index in [1.165, 1.54) is 16.7 Å². The van der Waals surface area contributed by atoms with Crippen molar-refractivity contribution in [3.8, 4) is 17.5 Å². The van der Waals surface area contributed by atoms with Gasteiger partial charge in [-0.2, -0.15) is 5.26 Å². The molecule has 1 saturated heterocycles. The summed E-state index contributed by atoms with van der Waals surface area (Å²) in [6.45, 7) is 1.58. The number of halogens is 1. The van der Waals surface area contributed by atoms with E-state index in [-0.39, 0.29) is 29.8 Å². The van der Waals surface area contributed by atoms with E-state index in [4.69, 9.17) is 5.73 Å². The summed E-state index contributed by atoms with van der Waals surface area (Å²) in [5, 5.41) is 9.30. The van der Waals surface area contributed by atoms with E-state index >= 15 is 0 Å². The first-order valence-corrected chi connectivity index (χ1v) is 9.23. The molecule has 2 N–H and O–H groups in total. The molecule has 0 unspecified atom stereocenters. The predicted octanol–water partition coefficient (Wildman–Crippen LogP) is 1.67. The number of anilines is 1. The summed E-state index contributed by atoms with van der Waals surface area (Å²) in [6, 6.07) is 9.97. The van der Waals surface area contributed by atoms with Crippen LogP contribution in [0.3, 0.4) is 0 Å². The normalized spacial score (nSPS) is 17.1. The maximum absolute atomic E-state index is 13.7. The number of hydrogen-bond acceptors (Lipinski definition) is 5. The molecule has 8 heteroatoms. The summed E-state index contributed by atoms with van der Waals surface area (Å²) in [7, 11) is 1.63. The zero-order chi connectivity index (χ0) is 19.8. The average Bonchev–Trinajstić information content (AvgIpc) is 3.10. The summed E-state index contributed by atoms with van der Waals surface area (Å²) in [4.78, 5) is 19.5. The van der Waals surface area contributed by atoms with Crippen molar-refractivity contribution in [1.29, 1.82) is 5.26 Å². The van der Waals surface area contributed by atoms with E-state index in [0.717, 1.165) is 24.9 Å². The highest BCUT2D eigenvalue weighted by atomic mass is 19.1. The third kappa shape index (κ3) is 3.14. The predicted molar refractivity (Wildman–Crippen MR) is 104 cm³/mol. The van der Waals surface area contributed by atoms with Gasteiger partial charge in [0.05, 0.1) is 12.1 Å². The van der Waals surface area contributed by atoms with Crippen molar-refractivity contribution in [1.82, 2.24) is 14.1 Å². The van der Waals surface area contributed by atoms with Crippen molar-refractivity contribution in [3.05, 3.63) is 57.9 Å². The topological polar surface area (TPSA) is 92.9 Å². The molecule has 1 aromatic carbocycles. The number of piperidine rings is 1. The van der Waals surface area contributed by atoms with Crippen molar-refractivity contribution >= 4 is 5.82 Å². The third-order valence-corrected chi connectivity index (χ3v) is 5.18. The number of fused-ring (bicyclic) bond motifs is 1. The van der Waals surface area contributed by atoms with Crippen LogP contribution < -0.4 is 16.3 Å². The van der Waals surface area contributed by atoms with Crippen LogP contribution >= 0.6 is 0 Å². The number of nitrogens with zero attached hydrogens (tertiary/aromatic N) is 5. The van der Waals surface area contributed by atoms with Crippen LogP contribution in [0.1, 0.15) is 24.1 Å². The first-order chi connectivity index (χ1) is 13.5. The van der Waals surface area contributed by atoms with Crippen molar-refractivity contribution < 1.29 is 4.39 Å². The molecule has 0 radical (unpaired) electrons. The molecule has 7 nitrogen and oxygen atoms in total. The molecule has 0 aromatic heterocycles. The number of nitriles is 1. The van der Waals surface area contributed by atoms with Crippen molar-refractivity contribution in [3.63, 3.8) is 0 Å². The zero-order valence-electron chi connectivity index (χ0n) is 15.6. The van der Waals surface area contributed by atoms with Crippen LogP contribution in [0.25, 0.3) is 11.4 Å². The fourth-order valence-corrected chi connectivity index (χ4v) is 3.90. The summed E-state index contributed by atoms with van der Waals surface area (Å²) >= 11 is 0. The number of benzene rings is 1. The molecule has 28 heavy (non-hydrogen) atoms. The summed E-state index contributed by atoms with van der Waals surface area (Å²) in [5.74, 6) is 0.803. The van der Waals surface area contributed by atoms with Crippen LogP contribution in [-0.4, -0.2) is 33.2 Å². The lowest BCUT2D eigenvalue weighted by molar-refractivity contribution is 0.492. The van der Waals surface area contributed by atoms with Crippen LogP contribution in [0.15, 0.2) is 35.1 Å². The Morgan fingerprint density at radius 2 is 2.21 bits per heavy atom. The monoisotopic (exact) mass is 380 g/mol. The van der Waals surface area contributed by atoms with E-state index in [1.54, 1.807) is 29.8 Å². The minimum absolute atomic E-state index is 0.00818. The SMILES string of the molecule is Cn1c2nc(C#N)cc-2c(N2CCC[C@@H](N)C2)n(Cc2cccc(F)c2)c1=O. The van der Waals surface area contributed by atoms with Crippen molar-refractivity contribution in [2.75, 3.05) is 18.0 Å². The quantitative estimate of drug-likeness (QED) is 0.746. The summed E-state index contributed by atoms with van der Waals surface area (Å²) < 4.78 is 16.7. The molecule has 1 aromatic rings. The Balaban J connectivity index is 1.94. The number of rotatable bonds is 3. The van der Waals surface area contributed by atoms with Gasteiger partial charge >= 0.3 is 5.69 Å². The average molecular weight is 380 g/mol. The lowest BCUT2D eigenvalue weighted by atomic mass is 10.1. The van der Waals surface area contributed by atoms with Gasteiger partial charge in [0.1, 0.15) is 29.2 Å². The first-order valence-electron chi connectivity index (χ1n) is 9.23. The molecule has 0 spiro atoms. The fourth-order valence-electron chi connectivity index (χ4n) is 3.90. The van der Waals surface area contributed by atoms with Crippen LogP contribution in [0.4, 0.5) is 10.2 Å². The van der Waals surface area contributed by atoms with Gasteiger partial charge < -0.3 is 10.6 Å². The molecule has 1 fully saturated rings. The van der Waals surface area contributed by atoms with Gasteiger partial charge in [-0.3, -0.25) is 9.13 Å². The van der Waals surface area contributed by atoms with Crippen LogP contribution in [-0.2, 0) is 13.6 Å². The van der Waals surface area contributed by atoms with E-state index in [0.29, 0.717) is 23.8 Å². The molecule has 1 atom stereocenters. The Labute approximate surface area is 161 Å². The largest absolute Gasteiger partial charge is 0.356 e. The molecule has 3 heterocycles. The van der Waals surface area contributed by atoms with Crippen LogP contribution in [0.2, 0.25) is 0 Å². The van der Waals surface area contributed by atoms with Gasteiger partial charge in [0.15, 0.2) is 0 Å². The Bertz CT molecular complexity index is 1100. The maximum atomic E-state index is 13.7. The minimum Gasteiger partial charge on any atom is -0.356 e. The van der Waals surface area contributed by atoms with E-state index in [1.807, 2.05) is 0 Å². The first kappa shape index (κ1) is 18.2. The third-order valence-electron chi connectivity index (χ3n) is 5.18. The fraction of sp³-hybridized carbons (Fsp3) is 0.350. The summed E-state index contributed by atoms with van der Waals surface area (Å²) in [5.41, 5.74) is 7.58. The van der Waals surface area contributed by atoms with Gasteiger partial charge in [0.2, 0.25) is 0 Å². The van der Waals surface area contributed by atoms with Gasteiger partial charge in [0, 0.05) is 26.2 Å². The zero-order valence-corrected chi connectivity index (χ0v) is 15.6. The molecule has 0 saturated carbocycles. The van der Waals surface area contributed by atoms with Gasteiger partial charge in [0.25, 0.3) is 0 Å². The Kier molecular flexibility index (Phi) is 4.61.